The van der Waals surface area contributed by atoms with Crippen molar-refractivity contribution in [3.63, 3.8) is 0 Å². The van der Waals surface area contributed by atoms with E-state index >= 15 is 0 Å². The minimum absolute atomic E-state index is 0.0425. The van der Waals surface area contributed by atoms with Gasteiger partial charge in [0.15, 0.2) is 5.69 Å². The van der Waals surface area contributed by atoms with E-state index in [-0.39, 0.29) is 11.3 Å². The van der Waals surface area contributed by atoms with Gasteiger partial charge >= 0.3 is 0 Å². The van der Waals surface area contributed by atoms with Crippen molar-refractivity contribution in [3.05, 3.63) is 47.3 Å². The Bertz CT molecular complexity index is 767. The molecule has 1 amide bonds. The van der Waals surface area contributed by atoms with Gasteiger partial charge in [-0.05, 0) is 49.8 Å². The third-order valence-electron chi connectivity index (χ3n) is 5.47. The van der Waals surface area contributed by atoms with Crippen LogP contribution in [-0.4, -0.2) is 40.2 Å². The van der Waals surface area contributed by atoms with E-state index in [1.807, 2.05) is 39.9 Å². The lowest BCUT2D eigenvalue weighted by molar-refractivity contribution is 0.0769. The van der Waals surface area contributed by atoms with E-state index in [1.54, 1.807) is 0 Å². The zero-order valence-corrected chi connectivity index (χ0v) is 14.2. The average Bonchev–Trinajstić information content (AvgIpc) is 3.30. The van der Waals surface area contributed by atoms with Crippen LogP contribution in [0, 0.1) is 5.41 Å². The molecule has 1 aromatic heterocycles. The molecule has 0 saturated carbocycles. The second-order valence-electron chi connectivity index (χ2n) is 7.37. The first-order valence-electron chi connectivity index (χ1n) is 8.77. The highest BCUT2D eigenvalue weighted by molar-refractivity contribution is 5.94. The molecule has 4 rings (SSSR count). The number of aromatic nitrogens is 2. The Morgan fingerprint density at radius 3 is 2.79 bits per heavy atom. The predicted octanol–water partition coefficient (Wildman–Crippen LogP) is 2.17. The molecule has 126 valence electrons. The normalized spacial score (nSPS) is 22.8. The van der Waals surface area contributed by atoms with Gasteiger partial charge in [0, 0.05) is 24.3 Å². The van der Waals surface area contributed by atoms with Crippen LogP contribution < -0.4 is 5.73 Å². The Labute approximate surface area is 142 Å². The molecule has 0 spiro atoms. The number of fused-ring (bicyclic) bond motifs is 1. The quantitative estimate of drug-likeness (QED) is 0.941. The average molecular weight is 324 g/mol. The number of nitrogens with two attached hydrogens (primary N) is 1. The van der Waals surface area contributed by atoms with Crippen molar-refractivity contribution in [1.82, 2.24) is 14.7 Å². The van der Waals surface area contributed by atoms with Gasteiger partial charge in [-0.3, -0.25) is 4.79 Å². The highest BCUT2D eigenvalue weighted by Gasteiger charge is 2.37. The maximum atomic E-state index is 13.1. The molecule has 2 N–H and O–H groups in total. The second-order valence-corrected chi connectivity index (χ2v) is 7.37. The van der Waals surface area contributed by atoms with Crippen molar-refractivity contribution in [2.45, 2.75) is 32.6 Å². The lowest BCUT2D eigenvalue weighted by Gasteiger charge is -2.22. The van der Waals surface area contributed by atoms with Crippen LogP contribution in [0.1, 0.15) is 41.5 Å². The molecule has 5 heteroatoms. The maximum Gasteiger partial charge on any atom is 0.274 e. The Morgan fingerprint density at radius 1 is 1.29 bits per heavy atom. The molecule has 24 heavy (non-hydrogen) atoms. The molecule has 1 aliphatic carbocycles. The molecule has 1 fully saturated rings. The van der Waals surface area contributed by atoms with E-state index in [1.165, 1.54) is 5.69 Å². The summed E-state index contributed by atoms with van der Waals surface area (Å²) in [5.74, 6) is 0.0695. The number of para-hydroxylation sites is 1. The summed E-state index contributed by atoms with van der Waals surface area (Å²) in [6.07, 6.45) is 4.01. The van der Waals surface area contributed by atoms with Crippen molar-refractivity contribution in [3.8, 4) is 5.69 Å². The summed E-state index contributed by atoms with van der Waals surface area (Å²) in [5.41, 5.74) is 9.94. The van der Waals surface area contributed by atoms with Gasteiger partial charge in [0.1, 0.15) is 0 Å². The van der Waals surface area contributed by atoms with Gasteiger partial charge in [0.25, 0.3) is 5.91 Å². The van der Waals surface area contributed by atoms with Crippen LogP contribution in [0.25, 0.3) is 5.69 Å². The van der Waals surface area contributed by atoms with Gasteiger partial charge in [-0.15, -0.1) is 0 Å². The molecule has 2 heterocycles. The molecule has 1 saturated heterocycles. The third kappa shape index (κ3) is 2.44. The summed E-state index contributed by atoms with van der Waals surface area (Å²) in [6.45, 7) is 4.29. The second kappa shape index (κ2) is 5.74. The third-order valence-corrected chi connectivity index (χ3v) is 5.47. The van der Waals surface area contributed by atoms with Crippen LogP contribution in [0.15, 0.2) is 30.3 Å². The molecular weight excluding hydrogens is 300 g/mol. The monoisotopic (exact) mass is 324 g/mol. The summed E-state index contributed by atoms with van der Waals surface area (Å²) >= 11 is 0. The molecule has 1 unspecified atom stereocenters. The van der Waals surface area contributed by atoms with Gasteiger partial charge in [-0.1, -0.05) is 25.1 Å². The number of likely N-dealkylation sites (tertiary alicyclic amines) is 1. The Hall–Kier alpha value is -2.14. The number of hydrogen-bond donors (Lipinski definition) is 1. The first-order chi connectivity index (χ1) is 11.6. The lowest BCUT2D eigenvalue weighted by Crippen LogP contribution is -2.35. The van der Waals surface area contributed by atoms with Gasteiger partial charge in [0.2, 0.25) is 0 Å². The van der Waals surface area contributed by atoms with Crippen molar-refractivity contribution < 1.29 is 4.79 Å². The SMILES string of the molecule is CC1(CN)CCN(C(=O)c2nn(-c3ccccc3)c3c2CCC3)C1. The molecular formula is C19H24N4O. The predicted molar refractivity (Wildman–Crippen MR) is 93.3 cm³/mol. The summed E-state index contributed by atoms with van der Waals surface area (Å²) in [4.78, 5) is 15.0. The summed E-state index contributed by atoms with van der Waals surface area (Å²) in [6, 6.07) is 10.1. The van der Waals surface area contributed by atoms with Crippen molar-refractivity contribution >= 4 is 5.91 Å². The first kappa shape index (κ1) is 15.4. The Morgan fingerprint density at radius 2 is 2.08 bits per heavy atom. The lowest BCUT2D eigenvalue weighted by atomic mass is 9.90. The largest absolute Gasteiger partial charge is 0.337 e. The number of rotatable bonds is 3. The molecule has 5 nitrogen and oxygen atoms in total. The van der Waals surface area contributed by atoms with E-state index < -0.39 is 0 Å². The van der Waals surface area contributed by atoms with Crippen LogP contribution >= 0.6 is 0 Å². The van der Waals surface area contributed by atoms with Crippen molar-refractivity contribution in [1.29, 1.82) is 0 Å². The highest BCUT2D eigenvalue weighted by Crippen LogP contribution is 2.32. The smallest absolute Gasteiger partial charge is 0.274 e. The topological polar surface area (TPSA) is 64.2 Å². The van der Waals surface area contributed by atoms with E-state index in [2.05, 4.69) is 6.92 Å². The van der Waals surface area contributed by atoms with Crippen LogP contribution in [-0.2, 0) is 12.8 Å². The van der Waals surface area contributed by atoms with Crippen molar-refractivity contribution in [2.24, 2.45) is 11.1 Å². The van der Waals surface area contributed by atoms with E-state index in [0.717, 1.165) is 50.0 Å². The van der Waals surface area contributed by atoms with Crippen LogP contribution in [0.2, 0.25) is 0 Å². The first-order valence-corrected chi connectivity index (χ1v) is 8.77. The summed E-state index contributed by atoms with van der Waals surface area (Å²) in [5, 5.41) is 4.71. The minimum Gasteiger partial charge on any atom is -0.337 e. The number of carbonyl (C=O) groups is 1. The minimum atomic E-state index is 0.0425. The fourth-order valence-electron chi connectivity index (χ4n) is 3.91. The fraction of sp³-hybridized carbons (Fsp3) is 0.474. The summed E-state index contributed by atoms with van der Waals surface area (Å²) < 4.78 is 1.97. The van der Waals surface area contributed by atoms with E-state index in [0.29, 0.717) is 12.2 Å². The van der Waals surface area contributed by atoms with Crippen LogP contribution in [0.3, 0.4) is 0 Å². The number of carbonyl (C=O) groups excluding carboxylic acids is 1. The maximum absolute atomic E-state index is 13.1. The molecule has 0 bridgehead atoms. The molecule has 2 aliphatic rings. The van der Waals surface area contributed by atoms with Gasteiger partial charge in [-0.2, -0.15) is 5.10 Å². The van der Waals surface area contributed by atoms with E-state index in [9.17, 15) is 4.79 Å². The number of amides is 1. The highest BCUT2D eigenvalue weighted by atomic mass is 16.2. The van der Waals surface area contributed by atoms with Gasteiger partial charge < -0.3 is 10.6 Å². The molecule has 1 aromatic carbocycles. The molecule has 1 aliphatic heterocycles. The molecule has 0 radical (unpaired) electrons. The Balaban J connectivity index is 1.69. The standard InChI is InChI=1S/C19H24N4O/c1-19(12-20)10-11-22(13-19)18(24)17-15-8-5-9-16(15)23(21-17)14-6-3-2-4-7-14/h2-4,6-7H,5,8-13,20H2,1H3. The molecule has 2 aromatic rings. The van der Waals surface area contributed by atoms with Crippen molar-refractivity contribution in [2.75, 3.05) is 19.6 Å². The van der Waals surface area contributed by atoms with E-state index in [4.69, 9.17) is 10.8 Å². The Kier molecular flexibility index (Phi) is 3.68. The van der Waals surface area contributed by atoms with Gasteiger partial charge in [-0.25, -0.2) is 4.68 Å². The zero-order chi connectivity index (χ0) is 16.7. The zero-order valence-electron chi connectivity index (χ0n) is 14.2. The van der Waals surface area contributed by atoms with Crippen LogP contribution in [0.4, 0.5) is 0 Å². The van der Waals surface area contributed by atoms with Crippen LogP contribution in [0.5, 0.6) is 0 Å². The van der Waals surface area contributed by atoms with Gasteiger partial charge in [0.05, 0.1) is 5.69 Å². The molecule has 1 atom stereocenters. The summed E-state index contributed by atoms with van der Waals surface area (Å²) in [7, 11) is 0. The number of benzene rings is 1. The number of hydrogen-bond acceptors (Lipinski definition) is 3. The fourth-order valence-corrected chi connectivity index (χ4v) is 3.91. The number of nitrogens with zero attached hydrogens (tertiary/aromatic N) is 3.